The molecule has 1 aliphatic rings. The Morgan fingerprint density at radius 3 is 2.56 bits per heavy atom. The lowest BCUT2D eigenvalue weighted by Crippen LogP contribution is -2.59. The van der Waals surface area contributed by atoms with Gasteiger partial charge in [-0.3, -0.25) is 4.90 Å². The SMILES string of the molecule is Cc1nnc2ccc(N3CCN(Cc4ccccc4)C(C)(C)C3)nn12. The minimum absolute atomic E-state index is 0.0764. The third-order valence-corrected chi connectivity index (χ3v) is 5.02. The molecule has 25 heavy (non-hydrogen) atoms. The molecule has 0 saturated carbocycles. The minimum Gasteiger partial charge on any atom is -0.352 e. The number of hydrogen-bond acceptors (Lipinski definition) is 5. The van der Waals surface area contributed by atoms with Crippen LogP contribution in [0, 0.1) is 6.92 Å². The van der Waals surface area contributed by atoms with E-state index < -0.39 is 0 Å². The summed E-state index contributed by atoms with van der Waals surface area (Å²) in [5, 5.41) is 12.9. The summed E-state index contributed by atoms with van der Waals surface area (Å²) in [5.41, 5.74) is 2.24. The second kappa shape index (κ2) is 6.11. The van der Waals surface area contributed by atoms with Gasteiger partial charge in [-0.15, -0.1) is 15.3 Å². The van der Waals surface area contributed by atoms with E-state index in [0.29, 0.717) is 0 Å². The molecule has 1 aliphatic heterocycles. The Morgan fingerprint density at radius 2 is 1.80 bits per heavy atom. The molecule has 6 heteroatoms. The number of benzene rings is 1. The van der Waals surface area contributed by atoms with Crippen LogP contribution in [0.3, 0.4) is 0 Å². The van der Waals surface area contributed by atoms with Gasteiger partial charge in [-0.05, 0) is 38.5 Å². The fourth-order valence-corrected chi connectivity index (χ4v) is 3.54. The number of nitrogens with zero attached hydrogens (tertiary/aromatic N) is 6. The van der Waals surface area contributed by atoms with Crippen molar-refractivity contribution in [1.82, 2.24) is 24.7 Å². The minimum atomic E-state index is 0.0764. The molecular weight excluding hydrogens is 312 g/mol. The molecule has 1 fully saturated rings. The van der Waals surface area contributed by atoms with Crippen molar-refractivity contribution in [3.05, 3.63) is 53.9 Å². The average Bonchev–Trinajstić information content (AvgIpc) is 2.98. The first-order valence-corrected chi connectivity index (χ1v) is 8.76. The Hall–Kier alpha value is -2.47. The highest BCUT2D eigenvalue weighted by Gasteiger charge is 2.34. The van der Waals surface area contributed by atoms with Gasteiger partial charge in [0.15, 0.2) is 11.5 Å². The number of piperazine rings is 1. The molecule has 0 amide bonds. The Labute approximate surface area is 148 Å². The molecule has 130 valence electrons. The van der Waals surface area contributed by atoms with E-state index in [4.69, 9.17) is 5.10 Å². The van der Waals surface area contributed by atoms with Gasteiger partial charge in [0.1, 0.15) is 5.82 Å². The second-order valence-corrected chi connectivity index (χ2v) is 7.35. The van der Waals surface area contributed by atoms with Gasteiger partial charge in [-0.25, -0.2) is 0 Å². The fraction of sp³-hybridized carbons (Fsp3) is 0.421. The van der Waals surface area contributed by atoms with Crippen LogP contribution in [0.2, 0.25) is 0 Å². The number of fused-ring (bicyclic) bond motifs is 1. The zero-order valence-electron chi connectivity index (χ0n) is 15.1. The molecule has 0 radical (unpaired) electrons. The van der Waals surface area contributed by atoms with Crippen LogP contribution in [-0.4, -0.2) is 49.9 Å². The number of anilines is 1. The quantitative estimate of drug-likeness (QED) is 0.736. The lowest BCUT2D eigenvalue weighted by molar-refractivity contribution is 0.0958. The van der Waals surface area contributed by atoms with Crippen molar-refractivity contribution in [2.24, 2.45) is 0 Å². The lowest BCUT2D eigenvalue weighted by Gasteiger charge is -2.47. The van der Waals surface area contributed by atoms with Crippen LogP contribution in [0.1, 0.15) is 25.2 Å². The Morgan fingerprint density at radius 1 is 1.00 bits per heavy atom. The number of hydrogen-bond donors (Lipinski definition) is 0. The highest BCUT2D eigenvalue weighted by molar-refractivity contribution is 5.46. The first-order valence-electron chi connectivity index (χ1n) is 8.76. The highest BCUT2D eigenvalue weighted by Crippen LogP contribution is 2.26. The zero-order chi connectivity index (χ0) is 17.4. The summed E-state index contributed by atoms with van der Waals surface area (Å²) in [5.74, 6) is 1.81. The van der Waals surface area contributed by atoms with Crippen molar-refractivity contribution in [2.45, 2.75) is 32.9 Å². The molecule has 3 aromatic rings. The van der Waals surface area contributed by atoms with Crippen molar-refractivity contribution in [1.29, 1.82) is 0 Å². The van der Waals surface area contributed by atoms with Crippen molar-refractivity contribution in [2.75, 3.05) is 24.5 Å². The van der Waals surface area contributed by atoms with Gasteiger partial charge in [-0.1, -0.05) is 30.3 Å². The molecule has 0 N–H and O–H groups in total. The summed E-state index contributed by atoms with van der Waals surface area (Å²) in [6.45, 7) is 10.5. The van der Waals surface area contributed by atoms with Crippen LogP contribution >= 0.6 is 0 Å². The molecular formula is C19H24N6. The van der Waals surface area contributed by atoms with Gasteiger partial charge in [0, 0.05) is 31.7 Å². The summed E-state index contributed by atoms with van der Waals surface area (Å²) in [6, 6.07) is 14.7. The second-order valence-electron chi connectivity index (χ2n) is 7.35. The smallest absolute Gasteiger partial charge is 0.178 e. The molecule has 0 spiro atoms. The van der Waals surface area contributed by atoms with Crippen molar-refractivity contribution >= 4 is 11.5 Å². The van der Waals surface area contributed by atoms with E-state index in [1.807, 2.05) is 23.6 Å². The van der Waals surface area contributed by atoms with Crippen molar-refractivity contribution in [3.8, 4) is 0 Å². The predicted octanol–water partition coefficient (Wildman–Crippen LogP) is 2.53. The third kappa shape index (κ3) is 3.09. The van der Waals surface area contributed by atoms with E-state index in [2.05, 4.69) is 64.2 Å². The van der Waals surface area contributed by atoms with Crippen LogP contribution in [0.15, 0.2) is 42.5 Å². The van der Waals surface area contributed by atoms with Crippen LogP contribution in [-0.2, 0) is 6.54 Å². The van der Waals surface area contributed by atoms with E-state index in [9.17, 15) is 0 Å². The average molecular weight is 336 g/mol. The van der Waals surface area contributed by atoms with Gasteiger partial charge in [0.25, 0.3) is 0 Å². The van der Waals surface area contributed by atoms with E-state index in [1.165, 1.54) is 5.56 Å². The predicted molar refractivity (Wildman–Crippen MR) is 98.7 cm³/mol. The molecule has 1 aromatic carbocycles. The van der Waals surface area contributed by atoms with Gasteiger partial charge in [0.2, 0.25) is 0 Å². The molecule has 2 aromatic heterocycles. The van der Waals surface area contributed by atoms with E-state index >= 15 is 0 Å². The van der Waals surface area contributed by atoms with Crippen molar-refractivity contribution < 1.29 is 0 Å². The third-order valence-electron chi connectivity index (χ3n) is 5.02. The largest absolute Gasteiger partial charge is 0.352 e. The molecule has 0 atom stereocenters. The summed E-state index contributed by atoms with van der Waals surface area (Å²) >= 11 is 0. The molecule has 0 aliphatic carbocycles. The van der Waals surface area contributed by atoms with Crippen LogP contribution in [0.25, 0.3) is 5.65 Å². The number of rotatable bonds is 3. The van der Waals surface area contributed by atoms with E-state index in [0.717, 1.165) is 43.5 Å². The van der Waals surface area contributed by atoms with Gasteiger partial charge in [0.05, 0.1) is 0 Å². The summed E-state index contributed by atoms with van der Waals surface area (Å²) < 4.78 is 1.82. The maximum Gasteiger partial charge on any atom is 0.178 e. The zero-order valence-corrected chi connectivity index (χ0v) is 15.1. The standard InChI is InChI=1S/C19H24N6/c1-15-20-21-17-9-10-18(22-25(15)17)23-11-12-24(19(2,3)14-23)13-16-7-5-4-6-8-16/h4-10H,11-14H2,1-3H3. The Kier molecular flexibility index (Phi) is 3.92. The van der Waals surface area contributed by atoms with Gasteiger partial charge >= 0.3 is 0 Å². The summed E-state index contributed by atoms with van der Waals surface area (Å²) in [7, 11) is 0. The van der Waals surface area contributed by atoms with Crippen LogP contribution < -0.4 is 4.90 Å². The topological polar surface area (TPSA) is 49.6 Å². The number of aryl methyl sites for hydroxylation is 1. The Bertz CT molecular complexity index is 870. The monoisotopic (exact) mass is 336 g/mol. The first-order chi connectivity index (χ1) is 12.0. The van der Waals surface area contributed by atoms with E-state index in [1.54, 1.807) is 0 Å². The number of aromatic nitrogens is 4. The fourth-order valence-electron chi connectivity index (χ4n) is 3.54. The molecule has 4 rings (SSSR count). The lowest BCUT2D eigenvalue weighted by atomic mass is 9.97. The van der Waals surface area contributed by atoms with Gasteiger partial charge < -0.3 is 4.90 Å². The normalized spacial score (nSPS) is 18.0. The molecule has 6 nitrogen and oxygen atoms in total. The summed E-state index contributed by atoms with van der Waals surface area (Å²) in [4.78, 5) is 4.92. The molecule has 0 unspecified atom stereocenters. The Balaban J connectivity index is 1.53. The van der Waals surface area contributed by atoms with Crippen molar-refractivity contribution in [3.63, 3.8) is 0 Å². The molecule has 1 saturated heterocycles. The van der Waals surface area contributed by atoms with Crippen LogP contribution in [0.5, 0.6) is 0 Å². The van der Waals surface area contributed by atoms with E-state index in [-0.39, 0.29) is 5.54 Å². The van der Waals surface area contributed by atoms with Gasteiger partial charge in [-0.2, -0.15) is 4.52 Å². The maximum atomic E-state index is 4.73. The maximum absolute atomic E-state index is 4.73. The summed E-state index contributed by atoms with van der Waals surface area (Å²) in [6.07, 6.45) is 0. The molecule has 0 bridgehead atoms. The van der Waals surface area contributed by atoms with Crippen LogP contribution in [0.4, 0.5) is 5.82 Å². The first kappa shape index (κ1) is 16.0. The molecule has 3 heterocycles. The highest BCUT2D eigenvalue weighted by atomic mass is 15.4.